The number of carboxylic acid groups (broad SMARTS) is 2. The standard InChI is InChI=1S/C10H12Cl4N2O6S2/c11-5(12)7(17)15-3(9(19)20)1-23-24-2-4(10(21)22)16-8(18)6(13)14/h3-6H,1-2H2,(H,15,17)(H,16,18)(H,19,20)(H,21,22)/t3-,4-/m0/s1. The van der Waals surface area contributed by atoms with Crippen LogP contribution in [0.25, 0.3) is 0 Å². The molecule has 0 saturated carbocycles. The first-order valence-electron chi connectivity index (χ1n) is 5.93. The summed E-state index contributed by atoms with van der Waals surface area (Å²) in [6.45, 7) is 0. The fourth-order valence-electron chi connectivity index (χ4n) is 1.05. The molecular formula is C10H12Cl4N2O6S2. The lowest BCUT2D eigenvalue weighted by Gasteiger charge is -2.16. The van der Waals surface area contributed by atoms with Crippen LogP contribution >= 0.6 is 68.0 Å². The van der Waals surface area contributed by atoms with Crippen LogP contribution in [0.1, 0.15) is 0 Å². The molecule has 0 aromatic heterocycles. The van der Waals surface area contributed by atoms with Crippen molar-refractivity contribution in [3.63, 3.8) is 0 Å². The largest absolute Gasteiger partial charge is 0.480 e. The van der Waals surface area contributed by atoms with Crippen LogP contribution in [0.5, 0.6) is 0 Å². The molecule has 0 radical (unpaired) electrons. The van der Waals surface area contributed by atoms with Crippen LogP contribution in [0, 0.1) is 0 Å². The molecule has 138 valence electrons. The van der Waals surface area contributed by atoms with Gasteiger partial charge in [-0.15, -0.1) is 0 Å². The maximum atomic E-state index is 11.3. The zero-order chi connectivity index (χ0) is 18.9. The number of carbonyl (C=O) groups excluding carboxylic acids is 2. The number of amides is 2. The number of hydrogen-bond donors (Lipinski definition) is 4. The quantitative estimate of drug-likeness (QED) is 0.204. The molecule has 0 heterocycles. The molecule has 0 aliphatic rings. The van der Waals surface area contributed by atoms with E-state index in [-0.39, 0.29) is 11.5 Å². The first-order valence-corrected chi connectivity index (χ1v) is 10.2. The van der Waals surface area contributed by atoms with Crippen molar-refractivity contribution in [2.45, 2.75) is 21.8 Å². The minimum atomic E-state index is -1.41. The molecule has 0 unspecified atom stereocenters. The maximum absolute atomic E-state index is 11.3. The summed E-state index contributed by atoms with van der Waals surface area (Å²) in [6, 6.07) is -2.52. The Balaban J connectivity index is 4.39. The smallest absolute Gasteiger partial charge is 0.327 e. The van der Waals surface area contributed by atoms with E-state index in [1.54, 1.807) is 0 Å². The Morgan fingerprint density at radius 1 is 0.750 bits per heavy atom. The van der Waals surface area contributed by atoms with Crippen molar-refractivity contribution in [1.82, 2.24) is 10.6 Å². The van der Waals surface area contributed by atoms with Gasteiger partial charge in [0.1, 0.15) is 12.1 Å². The number of carbonyl (C=O) groups is 4. The second-order valence-corrected chi connectivity index (χ2v) is 8.71. The minimum Gasteiger partial charge on any atom is -0.480 e. The highest BCUT2D eigenvalue weighted by molar-refractivity contribution is 8.76. The van der Waals surface area contributed by atoms with Crippen LogP contribution in [0.4, 0.5) is 0 Å². The van der Waals surface area contributed by atoms with E-state index in [4.69, 9.17) is 56.6 Å². The summed E-state index contributed by atoms with van der Waals surface area (Å²) in [4.78, 5) is 41.7. The van der Waals surface area contributed by atoms with Crippen molar-refractivity contribution >= 4 is 91.7 Å². The lowest BCUT2D eigenvalue weighted by Crippen LogP contribution is -2.45. The highest BCUT2D eigenvalue weighted by Crippen LogP contribution is 2.23. The van der Waals surface area contributed by atoms with Gasteiger partial charge in [0.05, 0.1) is 0 Å². The Labute approximate surface area is 164 Å². The van der Waals surface area contributed by atoms with E-state index in [1.807, 2.05) is 0 Å². The van der Waals surface area contributed by atoms with Crippen LogP contribution in [0.15, 0.2) is 0 Å². The van der Waals surface area contributed by atoms with Crippen LogP contribution in [0.3, 0.4) is 0 Å². The minimum absolute atomic E-state index is 0.0832. The normalized spacial score (nSPS) is 13.4. The molecule has 4 N–H and O–H groups in total. The number of carboxylic acids is 2. The Bertz CT molecular complexity index is 440. The summed E-state index contributed by atoms with van der Waals surface area (Å²) >= 11 is 21.2. The Morgan fingerprint density at radius 2 is 1.04 bits per heavy atom. The van der Waals surface area contributed by atoms with Gasteiger partial charge in [-0.25, -0.2) is 9.59 Å². The van der Waals surface area contributed by atoms with Crippen molar-refractivity contribution in [3.05, 3.63) is 0 Å². The zero-order valence-electron chi connectivity index (χ0n) is 11.6. The molecule has 0 aromatic rings. The number of nitrogens with one attached hydrogen (secondary N) is 2. The Kier molecular flexibility index (Phi) is 12.0. The Morgan fingerprint density at radius 3 is 1.25 bits per heavy atom. The van der Waals surface area contributed by atoms with E-state index in [0.29, 0.717) is 0 Å². The molecule has 0 rings (SSSR count). The summed E-state index contributed by atoms with van der Waals surface area (Å²) in [5.41, 5.74) is 0. The molecule has 0 saturated heterocycles. The third-order valence-electron chi connectivity index (χ3n) is 2.18. The maximum Gasteiger partial charge on any atom is 0.327 e. The van der Waals surface area contributed by atoms with Crippen molar-refractivity contribution in [1.29, 1.82) is 0 Å². The molecule has 0 aromatic carbocycles. The SMILES string of the molecule is O=C(N[C@@H](CSSC[C@H](NC(=O)C(Cl)Cl)C(=O)O)C(=O)O)C(Cl)Cl. The molecular weight excluding hydrogens is 450 g/mol. The first-order chi connectivity index (χ1) is 11.1. The van der Waals surface area contributed by atoms with E-state index in [2.05, 4.69) is 10.6 Å². The van der Waals surface area contributed by atoms with Gasteiger partial charge in [-0.3, -0.25) is 9.59 Å². The highest BCUT2D eigenvalue weighted by atomic mass is 35.5. The summed E-state index contributed by atoms with van der Waals surface area (Å²) in [5.74, 6) is -4.49. The van der Waals surface area contributed by atoms with E-state index in [9.17, 15) is 19.2 Å². The van der Waals surface area contributed by atoms with Crippen molar-refractivity contribution < 1.29 is 29.4 Å². The molecule has 0 fully saturated rings. The van der Waals surface area contributed by atoms with Gasteiger partial charge in [-0.1, -0.05) is 68.0 Å². The van der Waals surface area contributed by atoms with Gasteiger partial charge in [-0.2, -0.15) is 0 Å². The average molecular weight is 462 g/mol. The molecule has 14 heteroatoms. The summed E-state index contributed by atoms with van der Waals surface area (Å²) < 4.78 is 0. The first kappa shape index (κ1) is 23.7. The molecule has 2 atom stereocenters. The third-order valence-corrected chi connectivity index (χ3v) is 5.39. The molecule has 0 aliphatic heterocycles. The molecule has 0 bridgehead atoms. The monoisotopic (exact) mass is 460 g/mol. The van der Waals surface area contributed by atoms with Gasteiger partial charge in [0.15, 0.2) is 9.67 Å². The third kappa shape index (κ3) is 9.90. The second kappa shape index (κ2) is 12.2. The van der Waals surface area contributed by atoms with E-state index >= 15 is 0 Å². The van der Waals surface area contributed by atoms with Crippen molar-refractivity contribution in [2.24, 2.45) is 0 Å². The predicted octanol–water partition coefficient (Wildman–Crippen LogP) is 1.11. The molecule has 0 spiro atoms. The highest BCUT2D eigenvalue weighted by Gasteiger charge is 2.25. The fourth-order valence-corrected chi connectivity index (χ4v) is 3.61. The Hall–Kier alpha value is -0.260. The molecule has 24 heavy (non-hydrogen) atoms. The summed E-state index contributed by atoms with van der Waals surface area (Å²) in [7, 11) is 1.96. The zero-order valence-corrected chi connectivity index (χ0v) is 16.2. The summed E-state index contributed by atoms with van der Waals surface area (Å²) in [6.07, 6.45) is 0. The lowest BCUT2D eigenvalue weighted by molar-refractivity contribution is -0.141. The summed E-state index contributed by atoms with van der Waals surface area (Å²) in [5, 5.41) is 22.2. The van der Waals surface area contributed by atoms with Crippen LogP contribution < -0.4 is 10.6 Å². The molecule has 0 aliphatic carbocycles. The van der Waals surface area contributed by atoms with Gasteiger partial charge in [0.2, 0.25) is 0 Å². The van der Waals surface area contributed by atoms with Gasteiger partial charge in [0.25, 0.3) is 11.8 Å². The van der Waals surface area contributed by atoms with Gasteiger partial charge in [-0.05, 0) is 0 Å². The number of halogens is 4. The number of rotatable bonds is 11. The topological polar surface area (TPSA) is 133 Å². The van der Waals surface area contributed by atoms with E-state index in [1.165, 1.54) is 0 Å². The van der Waals surface area contributed by atoms with Crippen LogP contribution in [-0.2, 0) is 19.2 Å². The van der Waals surface area contributed by atoms with Crippen molar-refractivity contribution in [3.8, 4) is 0 Å². The fraction of sp³-hybridized carbons (Fsp3) is 0.600. The predicted molar refractivity (Wildman–Crippen MR) is 95.0 cm³/mol. The van der Waals surface area contributed by atoms with Crippen LogP contribution in [-0.4, -0.2) is 67.2 Å². The van der Waals surface area contributed by atoms with Gasteiger partial charge < -0.3 is 20.8 Å². The molecule has 8 nitrogen and oxygen atoms in total. The van der Waals surface area contributed by atoms with Crippen LogP contribution in [0.2, 0.25) is 0 Å². The average Bonchev–Trinajstić information content (AvgIpc) is 2.47. The molecule has 2 amide bonds. The van der Waals surface area contributed by atoms with E-state index < -0.39 is 45.5 Å². The number of hydrogen-bond acceptors (Lipinski definition) is 6. The van der Waals surface area contributed by atoms with E-state index in [0.717, 1.165) is 21.6 Å². The number of alkyl halides is 4. The second-order valence-electron chi connectivity index (χ2n) is 3.97. The number of aliphatic carboxylic acids is 2. The van der Waals surface area contributed by atoms with Gasteiger partial charge >= 0.3 is 11.9 Å². The van der Waals surface area contributed by atoms with Crippen molar-refractivity contribution in [2.75, 3.05) is 11.5 Å². The lowest BCUT2D eigenvalue weighted by atomic mass is 10.3. The van der Waals surface area contributed by atoms with Gasteiger partial charge in [0, 0.05) is 11.5 Å².